The summed E-state index contributed by atoms with van der Waals surface area (Å²) in [5, 5.41) is 6.12. The van der Waals surface area contributed by atoms with Crippen molar-refractivity contribution in [2.45, 2.75) is 19.4 Å². The molecule has 2 heterocycles. The van der Waals surface area contributed by atoms with Crippen molar-refractivity contribution in [1.29, 1.82) is 0 Å². The van der Waals surface area contributed by atoms with E-state index in [0.717, 1.165) is 35.8 Å². The van der Waals surface area contributed by atoms with E-state index in [1.54, 1.807) is 11.3 Å². The molecule has 104 valence electrons. The average molecular weight is 287 g/mol. The minimum Gasteiger partial charge on any atom is -0.347 e. The molecular formula is C15H17N3OS. The highest BCUT2D eigenvalue weighted by molar-refractivity contribution is 7.13. The van der Waals surface area contributed by atoms with E-state index in [4.69, 9.17) is 0 Å². The molecule has 1 N–H and O–H groups in total. The molecule has 1 atom stereocenters. The van der Waals surface area contributed by atoms with E-state index in [2.05, 4.69) is 15.2 Å². The third kappa shape index (κ3) is 2.82. The molecule has 2 aromatic rings. The molecule has 1 aromatic heterocycles. The summed E-state index contributed by atoms with van der Waals surface area (Å²) >= 11 is 1.64. The first-order valence-electron chi connectivity index (χ1n) is 6.74. The van der Waals surface area contributed by atoms with Crippen LogP contribution < -0.4 is 10.2 Å². The summed E-state index contributed by atoms with van der Waals surface area (Å²) < 4.78 is 0. The molecule has 4 nitrogen and oxygen atoms in total. The van der Waals surface area contributed by atoms with Crippen LogP contribution >= 0.6 is 11.3 Å². The number of carbonyl (C=O) groups is 1. The average Bonchev–Trinajstić information content (AvgIpc) is 3.09. The van der Waals surface area contributed by atoms with E-state index in [0.29, 0.717) is 0 Å². The highest BCUT2D eigenvalue weighted by Crippen LogP contribution is 2.22. The number of anilines is 1. The second-order valence-electron chi connectivity index (χ2n) is 5.09. The standard InChI is InChI=1S/C15H17N3OS/c1-11-2-4-12(5-3-11)14(19)17-13-6-8-18(10-13)15-16-7-9-20-15/h2-5,7,9,13H,6,8,10H2,1H3,(H,17,19). The fraction of sp³-hybridized carbons (Fsp3) is 0.333. The second kappa shape index (κ2) is 5.63. The first kappa shape index (κ1) is 13.1. The molecule has 1 aliphatic heterocycles. The molecule has 1 aliphatic rings. The molecule has 1 amide bonds. The van der Waals surface area contributed by atoms with Crippen LogP contribution in [-0.4, -0.2) is 30.0 Å². The number of rotatable bonds is 3. The van der Waals surface area contributed by atoms with Crippen LogP contribution in [0.4, 0.5) is 5.13 Å². The van der Waals surface area contributed by atoms with Crippen LogP contribution in [0.15, 0.2) is 35.8 Å². The lowest BCUT2D eigenvalue weighted by Crippen LogP contribution is -2.37. The Labute approximate surface area is 122 Å². The molecule has 1 fully saturated rings. The summed E-state index contributed by atoms with van der Waals surface area (Å²) in [6, 6.07) is 7.88. The van der Waals surface area contributed by atoms with E-state index >= 15 is 0 Å². The molecule has 0 radical (unpaired) electrons. The van der Waals surface area contributed by atoms with Gasteiger partial charge in [-0.3, -0.25) is 4.79 Å². The van der Waals surface area contributed by atoms with Gasteiger partial charge in [-0.05, 0) is 25.5 Å². The van der Waals surface area contributed by atoms with E-state index in [-0.39, 0.29) is 11.9 Å². The fourth-order valence-corrected chi connectivity index (χ4v) is 3.08. The molecular weight excluding hydrogens is 270 g/mol. The monoisotopic (exact) mass is 287 g/mol. The Morgan fingerprint density at radius 2 is 2.20 bits per heavy atom. The van der Waals surface area contributed by atoms with Gasteiger partial charge in [0.15, 0.2) is 5.13 Å². The van der Waals surface area contributed by atoms with Crippen LogP contribution in [0.5, 0.6) is 0 Å². The molecule has 5 heteroatoms. The zero-order valence-corrected chi connectivity index (χ0v) is 12.2. The maximum atomic E-state index is 12.2. The first-order valence-corrected chi connectivity index (χ1v) is 7.62. The number of nitrogens with zero attached hydrogens (tertiary/aromatic N) is 2. The molecule has 0 saturated carbocycles. The van der Waals surface area contributed by atoms with Gasteiger partial charge in [0.2, 0.25) is 0 Å². The number of thiazole rings is 1. The van der Waals surface area contributed by atoms with Gasteiger partial charge in [0, 0.05) is 36.3 Å². The zero-order valence-electron chi connectivity index (χ0n) is 11.4. The van der Waals surface area contributed by atoms with Crippen LogP contribution in [0.1, 0.15) is 22.3 Å². The highest BCUT2D eigenvalue weighted by Gasteiger charge is 2.25. The Bertz CT molecular complexity index is 580. The lowest BCUT2D eigenvalue weighted by atomic mass is 10.1. The van der Waals surface area contributed by atoms with E-state index < -0.39 is 0 Å². The van der Waals surface area contributed by atoms with Crippen LogP contribution in [0.2, 0.25) is 0 Å². The predicted octanol–water partition coefficient (Wildman–Crippen LogP) is 2.46. The molecule has 20 heavy (non-hydrogen) atoms. The Hall–Kier alpha value is -1.88. The number of aryl methyl sites for hydroxylation is 1. The van der Waals surface area contributed by atoms with Gasteiger partial charge in [-0.2, -0.15) is 0 Å². The van der Waals surface area contributed by atoms with Gasteiger partial charge in [-0.15, -0.1) is 11.3 Å². The SMILES string of the molecule is Cc1ccc(C(=O)NC2CCN(c3nccs3)C2)cc1. The maximum absolute atomic E-state index is 12.2. The van der Waals surface area contributed by atoms with E-state index in [9.17, 15) is 4.79 Å². The second-order valence-corrected chi connectivity index (χ2v) is 5.96. The normalized spacial score (nSPS) is 18.2. The quantitative estimate of drug-likeness (QED) is 0.943. The number of nitrogens with one attached hydrogen (secondary N) is 1. The number of amides is 1. The molecule has 1 aromatic carbocycles. The largest absolute Gasteiger partial charge is 0.347 e. The summed E-state index contributed by atoms with van der Waals surface area (Å²) in [5.41, 5.74) is 1.89. The van der Waals surface area contributed by atoms with Gasteiger partial charge < -0.3 is 10.2 Å². The maximum Gasteiger partial charge on any atom is 0.251 e. The van der Waals surface area contributed by atoms with Gasteiger partial charge in [0.1, 0.15) is 0 Å². The fourth-order valence-electron chi connectivity index (χ4n) is 2.40. The molecule has 1 saturated heterocycles. The Balaban J connectivity index is 1.59. The number of aromatic nitrogens is 1. The number of carbonyl (C=O) groups excluding carboxylic acids is 1. The number of hydrogen-bond acceptors (Lipinski definition) is 4. The lowest BCUT2D eigenvalue weighted by Gasteiger charge is -2.15. The highest BCUT2D eigenvalue weighted by atomic mass is 32.1. The third-order valence-corrected chi connectivity index (χ3v) is 4.36. The summed E-state index contributed by atoms with van der Waals surface area (Å²) in [5.74, 6) is 0.0102. The van der Waals surface area contributed by atoms with Gasteiger partial charge in [0.25, 0.3) is 5.91 Å². The molecule has 0 spiro atoms. The smallest absolute Gasteiger partial charge is 0.251 e. The van der Waals surface area contributed by atoms with Crippen LogP contribution in [0.3, 0.4) is 0 Å². The molecule has 0 aliphatic carbocycles. The van der Waals surface area contributed by atoms with Crippen molar-refractivity contribution in [1.82, 2.24) is 10.3 Å². The van der Waals surface area contributed by atoms with Crippen LogP contribution in [0, 0.1) is 6.92 Å². The Kier molecular flexibility index (Phi) is 3.69. The summed E-state index contributed by atoms with van der Waals surface area (Å²) in [6.07, 6.45) is 2.79. The predicted molar refractivity (Wildman–Crippen MR) is 81.4 cm³/mol. The summed E-state index contributed by atoms with van der Waals surface area (Å²) in [6.45, 7) is 3.81. The Morgan fingerprint density at radius 3 is 2.90 bits per heavy atom. The molecule has 1 unspecified atom stereocenters. The van der Waals surface area contributed by atoms with Crippen molar-refractivity contribution in [3.05, 3.63) is 47.0 Å². The lowest BCUT2D eigenvalue weighted by molar-refractivity contribution is 0.0940. The van der Waals surface area contributed by atoms with Gasteiger partial charge >= 0.3 is 0 Å². The van der Waals surface area contributed by atoms with Crippen LogP contribution in [-0.2, 0) is 0 Å². The van der Waals surface area contributed by atoms with E-state index in [1.807, 2.05) is 42.8 Å². The van der Waals surface area contributed by atoms with Crippen molar-refractivity contribution >= 4 is 22.4 Å². The molecule has 0 bridgehead atoms. The van der Waals surface area contributed by atoms with Gasteiger partial charge in [-0.25, -0.2) is 4.98 Å². The third-order valence-electron chi connectivity index (χ3n) is 3.53. The minimum atomic E-state index is 0.0102. The molecule has 3 rings (SSSR count). The topological polar surface area (TPSA) is 45.2 Å². The van der Waals surface area contributed by atoms with Crippen molar-refractivity contribution < 1.29 is 4.79 Å². The number of benzene rings is 1. The summed E-state index contributed by atoms with van der Waals surface area (Å²) in [4.78, 5) is 18.7. The summed E-state index contributed by atoms with van der Waals surface area (Å²) in [7, 11) is 0. The van der Waals surface area contributed by atoms with Gasteiger partial charge in [-0.1, -0.05) is 17.7 Å². The van der Waals surface area contributed by atoms with Crippen molar-refractivity contribution in [2.75, 3.05) is 18.0 Å². The Morgan fingerprint density at radius 1 is 1.40 bits per heavy atom. The van der Waals surface area contributed by atoms with Crippen molar-refractivity contribution in [2.24, 2.45) is 0 Å². The van der Waals surface area contributed by atoms with Crippen molar-refractivity contribution in [3.63, 3.8) is 0 Å². The van der Waals surface area contributed by atoms with Gasteiger partial charge in [0.05, 0.1) is 0 Å². The zero-order chi connectivity index (χ0) is 13.9. The van der Waals surface area contributed by atoms with Crippen LogP contribution in [0.25, 0.3) is 0 Å². The van der Waals surface area contributed by atoms with E-state index in [1.165, 1.54) is 0 Å². The van der Waals surface area contributed by atoms with Crippen molar-refractivity contribution in [3.8, 4) is 0 Å². The first-order chi connectivity index (χ1) is 9.72. The minimum absolute atomic E-state index is 0.0102. The number of hydrogen-bond donors (Lipinski definition) is 1.